The Balaban J connectivity index is 2.95. The Hall–Kier alpha value is -1.93. The molecule has 0 aliphatic carbocycles. The van der Waals surface area contributed by atoms with Gasteiger partial charge in [-0.3, -0.25) is 10.0 Å². The summed E-state index contributed by atoms with van der Waals surface area (Å²) in [5, 5.41) is 27.8. The Kier molecular flexibility index (Phi) is 8.16. The first-order chi connectivity index (χ1) is 10.6. The quantitative estimate of drug-likeness (QED) is 0.301. The van der Waals surface area contributed by atoms with Gasteiger partial charge in [0.05, 0.1) is 6.61 Å². The predicted molar refractivity (Wildman–Crippen MR) is 78.5 cm³/mol. The molecule has 0 aromatic heterocycles. The van der Waals surface area contributed by atoms with Gasteiger partial charge in [-0.1, -0.05) is 18.2 Å². The van der Waals surface area contributed by atoms with E-state index in [0.717, 1.165) is 6.08 Å². The lowest BCUT2D eigenvalue weighted by Gasteiger charge is -2.22. The first kappa shape index (κ1) is 18.1. The number of ether oxygens (including phenoxy) is 2. The molecule has 1 aromatic rings. The average molecular weight is 311 g/mol. The molecule has 2 atom stereocenters. The van der Waals surface area contributed by atoms with Crippen molar-refractivity contribution in [3.63, 3.8) is 0 Å². The van der Waals surface area contributed by atoms with Crippen molar-refractivity contribution in [2.45, 2.75) is 19.1 Å². The van der Waals surface area contributed by atoms with Gasteiger partial charge in [-0.15, -0.1) is 0 Å². The molecule has 0 fully saturated rings. The predicted octanol–water partition coefficient (Wildman–Crippen LogP) is 0.558. The van der Waals surface area contributed by atoms with E-state index in [-0.39, 0.29) is 13.2 Å². The van der Waals surface area contributed by atoms with E-state index in [4.69, 9.17) is 19.8 Å². The van der Waals surface area contributed by atoms with Gasteiger partial charge in [0.15, 0.2) is 0 Å². The van der Waals surface area contributed by atoms with Crippen molar-refractivity contribution in [3.05, 3.63) is 42.0 Å². The molecule has 0 radical (unpaired) electrons. The number of aliphatic hydroxyl groups is 2. The van der Waals surface area contributed by atoms with Gasteiger partial charge >= 0.3 is 0 Å². The molecule has 0 bridgehead atoms. The van der Waals surface area contributed by atoms with Crippen LogP contribution in [0.25, 0.3) is 0 Å². The Labute approximate surface area is 128 Å². The second kappa shape index (κ2) is 9.91. The topological polar surface area (TPSA) is 108 Å². The normalized spacial score (nSPS) is 13.8. The molecule has 7 heteroatoms. The third-order valence-electron chi connectivity index (χ3n) is 2.80. The van der Waals surface area contributed by atoms with Crippen molar-refractivity contribution in [1.82, 2.24) is 5.48 Å². The summed E-state index contributed by atoms with van der Waals surface area (Å²) in [7, 11) is 0. The van der Waals surface area contributed by atoms with Crippen molar-refractivity contribution in [2.24, 2.45) is 0 Å². The highest BCUT2D eigenvalue weighted by molar-refractivity contribution is 5.86. The summed E-state index contributed by atoms with van der Waals surface area (Å²) in [5.74, 6) is -0.296. The summed E-state index contributed by atoms with van der Waals surface area (Å²) < 4.78 is 10.8. The van der Waals surface area contributed by atoms with Crippen LogP contribution in [0.1, 0.15) is 18.6 Å². The van der Waals surface area contributed by atoms with E-state index in [0.29, 0.717) is 17.9 Å². The molecule has 1 amide bonds. The number of aliphatic hydroxyl groups excluding tert-OH is 2. The van der Waals surface area contributed by atoms with Crippen LogP contribution in [0, 0.1) is 0 Å². The number of nitrogens with one attached hydrogen (secondary N) is 1. The highest BCUT2D eigenvalue weighted by atomic mass is 16.5. The minimum Gasteiger partial charge on any atom is -0.491 e. The molecule has 0 heterocycles. The Morgan fingerprint density at radius 3 is 2.77 bits per heavy atom. The zero-order valence-electron chi connectivity index (χ0n) is 12.3. The third kappa shape index (κ3) is 5.45. The van der Waals surface area contributed by atoms with Crippen LogP contribution >= 0.6 is 0 Å². The number of benzene rings is 1. The number of hydrogen-bond donors (Lipinski definition) is 4. The number of hydrogen-bond acceptors (Lipinski definition) is 6. The molecule has 0 aliphatic rings. The number of hydroxylamine groups is 1. The number of rotatable bonds is 9. The number of para-hydroxylation sites is 1. The number of carbonyl (C=O) groups is 1. The van der Waals surface area contributed by atoms with Gasteiger partial charge in [0.1, 0.15) is 24.6 Å². The second-order valence-electron chi connectivity index (χ2n) is 4.31. The van der Waals surface area contributed by atoms with Crippen molar-refractivity contribution in [1.29, 1.82) is 0 Å². The summed E-state index contributed by atoms with van der Waals surface area (Å²) in [6, 6.07) is 6.82. The van der Waals surface area contributed by atoms with Crippen LogP contribution in [-0.2, 0) is 9.53 Å². The summed E-state index contributed by atoms with van der Waals surface area (Å²) in [6.07, 6.45) is 0.558. The fourth-order valence-electron chi connectivity index (χ4n) is 1.85. The molecular weight excluding hydrogens is 290 g/mol. The van der Waals surface area contributed by atoms with Crippen LogP contribution in [0.5, 0.6) is 5.75 Å². The molecule has 4 N–H and O–H groups in total. The van der Waals surface area contributed by atoms with E-state index in [2.05, 4.69) is 0 Å². The lowest BCUT2D eigenvalue weighted by molar-refractivity contribution is -0.124. The van der Waals surface area contributed by atoms with Gasteiger partial charge in [0.2, 0.25) is 0 Å². The summed E-state index contributed by atoms with van der Waals surface area (Å²) >= 11 is 0. The molecule has 122 valence electrons. The van der Waals surface area contributed by atoms with Crippen LogP contribution < -0.4 is 10.2 Å². The fourth-order valence-corrected chi connectivity index (χ4v) is 1.85. The van der Waals surface area contributed by atoms with Crippen molar-refractivity contribution >= 4 is 5.91 Å². The summed E-state index contributed by atoms with van der Waals surface area (Å²) in [5.41, 5.74) is 1.94. The second-order valence-corrected chi connectivity index (χ2v) is 4.31. The van der Waals surface area contributed by atoms with E-state index in [9.17, 15) is 9.90 Å². The van der Waals surface area contributed by atoms with E-state index in [1.54, 1.807) is 31.2 Å². The molecular formula is C15H21NO6. The fraction of sp³-hybridized carbons (Fsp3) is 0.400. The van der Waals surface area contributed by atoms with Gasteiger partial charge in [0.25, 0.3) is 5.91 Å². The van der Waals surface area contributed by atoms with Gasteiger partial charge in [-0.2, -0.15) is 0 Å². The zero-order valence-corrected chi connectivity index (χ0v) is 12.3. The largest absolute Gasteiger partial charge is 0.491 e. The minimum atomic E-state index is -1.07. The van der Waals surface area contributed by atoms with Crippen LogP contribution in [-0.4, -0.2) is 47.3 Å². The van der Waals surface area contributed by atoms with Crippen LogP contribution in [0.2, 0.25) is 0 Å². The molecule has 0 spiro atoms. The molecule has 1 rings (SSSR count). The highest BCUT2D eigenvalue weighted by Gasteiger charge is 2.22. The van der Waals surface area contributed by atoms with Crippen molar-refractivity contribution in [2.75, 3.05) is 19.8 Å². The van der Waals surface area contributed by atoms with Crippen LogP contribution in [0.15, 0.2) is 36.4 Å². The SMILES string of the molecule is CCO[C@H](/C=C/C(=O)NO)[C@H](O)c1ccccc1OCCO. The molecule has 0 unspecified atom stereocenters. The van der Waals surface area contributed by atoms with Gasteiger partial charge in [-0.05, 0) is 19.1 Å². The lowest BCUT2D eigenvalue weighted by Crippen LogP contribution is -2.23. The minimum absolute atomic E-state index is 0.103. The smallest absolute Gasteiger partial charge is 0.267 e. The molecule has 0 aliphatic heterocycles. The summed E-state index contributed by atoms with van der Waals surface area (Å²) in [6.45, 7) is 2.04. The monoisotopic (exact) mass is 311 g/mol. The van der Waals surface area contributed by atoms with E-state index < -0.39 is 18.1 Å². The Morgan fingerprint density at radius 1 is 1.41 bits per heavy atom. The molecule has 0 saturated carbocycles. The first-order valence-electron chi connectivity index (χ1n) is 6.88. The van der Waals surface area contributed by atoms with Crippen LogP contribution in [0.4, 0.5) is 0 Å². The highest BCUT2D eigenvalue weighted by Crippen LogP contribution is 2.29. The van der Waals surface area contributed by atoms with Crippen molar-refractivity contribution < 1.29 is 29.7 Å². The average Bonchev–Trinajstić information content (AvgIpc) is 2.56. The first-order valence-corrected chi connectivity index (χ1v) is 6.88. The van der Waals surface area contributed by atoms with E-state index in [1.807, 2.05) is 0 Å². The Bertz CT molecular complexity index is 491. The zero-order chi connectivity index (χ0) is 16.4. The third-order valence-corrected chi connectivity index (χ3v) is 2.80. The maximum absolute atomic E-state index is 11.1. The molecule has 0 saturated heterocycles. The van der Waals surface area contributed by atoms with Gasteiger partial charge < -0.3 is 19.7 Å². The molecule has 22 heavy (non-hydrogen) atoms. The van der Waals surface area contributed by atoms with Crippen LogP contribution in [0.3, 0.4) is 0 Å². The van der Waals surface area contributed by atoms with Crippen molar-refractivity contribution in [3.8, 4) is 5.75 Å². The standard InChI is InChI=1S/C15H21NO6/c1-2-21-13(7-8-14(18)16-20)15(19)11-5-3-4-6-12(11)22-10-9-17/h3-8,13,15,17,19-20H,2,9-10H2,1H3,(H,16,18)/b8-7+/t13-,15-/m1/s1. The maximum Gasteiger partial charge on any atom is 0.267 e. The van der Waals surface area contributed by atoms with E-state index >= 15 is 0 Å². The Morgan fingerprint density at radius 2 is 2.14 bits per heavy atom. The molecule has 1 aromatic carbocycles. The number of amides is 1. The summed E-state index contributed by atoms with van der Waals surface area (Å²) in [4.78, 5) is 11.1. The molecule has 7 nitrogen and oxygen atoms in total. The van der Waals surface area contributed by atoms with Gasteiger partial charge in [0, 0.05) is 18.2 Å². The maximum atomic E-state index is 11.1. The lowest BCUT2D eigenvalue weighted by atomic mass is 10.0. The van der Waals surface area contributed by atoms with E-state index in [1.165, 1.54) is 11.6 Å². The number of carbonyl (C=O) groups excluding carboxylic acids is 1. The van der Waals surface area contributed by atoms with Gasteiger partial charge in [-0.25, -0.2) is 5.48 Å².